The minimum Gasteiger partial charge on any atom is -0.481 e. The first-order chi connectivity index (χ1) is 32.8. The van der Waals surface area contributed by atoms with E-state index < -0.39 is 66.3 Å². The fraction of sp³-hybridized carbons (Fsp3) is 0.540. The molecule has 4 saturated carbocycles. The van der Waals surface area contributed by atoms with Crippen LogP contribution in [0.15, 0.2) is 48.6 Å². The zero-order chi connectivity index (χ0) is 50.2. The molecule has 19 nitrogen and oxygen atoms in total. The molecule has 374 valence electrons. The van der Waals surface area contributed by atoms with Crippen LogP contribution in [-0.4, -0.2) is 99.5 Å². The van der Waals surface area contributed by atoms with Gasteiger partial charge in [0.05, 0.1) is 34.5 Å². The lowest BCUT2D eigenvalue weighted by molar-refractivity contribution is -0.216. The van der Waals surface area contributed by atoms with Crippen molar-refractivity contribution in [3.63, 3.8) is 0 Å². The van der Waals surface area contributed by atoms with E-state index in [0.29, 0.717) is 49.7 Å². The normalized spacial score (nSPS) is 28.4. The number of esters is 2. The first-order valence-corrected chi connectivity index (χ1v) is 22.8. The first kappa shape index (κ1) is 51.8. The van der Waals surface area contributed by atoms with E-state index in [-0.39, 0.29) is 70.3 Å². The van der Waals surface area contributed by atoms with Gasteiger partial charge in [-0.1, -0.05) is 32.9 Å². The van der Waals surface area contributed by atoms with Gasteiger partial charge in [0.15, 0.2) is 23.0 Å². The van der Waals surface area contributed by atoms with Crippen LogP contribution in [0.25, 0.3) is 12.2 Å². The Balaban J connectivity index is 1.23. The highest BCUT2D eigenvalue weighted by Crippen LogP contribution is 2.69. The van der Waals surface area contributed by atoms with Crippen LogP contribution < -0.4 is 18.9 Å². The number of fused-ring (bicyclic) bond motifs is 5. The van der Waals surface area contributed by atoms with Crippen molar-refractivity contribution in [3.05, 3.63) is 59.7 Å². The third-order valence-electron chi connectivity index (χ3n) is 15.0. The van der Waals surface area contributed by atoms with Crippen LogP contribution in [0.4, 0.5) is 19.2 Å². The number of benzene rings is 2. The number of carbonyl (C=O) groups excluding carboxylic acids is 6. The number of methoxy groups -OCH3 is 4. The molecule has 0 bridgehead atoms. The van der Waals surface area contributed by atoms with Crippen molar-refractivity contribution in [3.8, 4) is 23.0 Å². The molecular formula is C50H60O19. The van der Waals surface area contributed by atoms with Gasteiger partial charge in [0, 0.05) is 24.5 Å². The smallest absolute Gasteiger partial charge is 0.481 e. The SMILES string of the molecule is COC(=O)Oc1ccc(/C=C/C(=O)O[C@@H]2CC[C@@]3(C)[C@H](C2)C[C@@H](OC(=O)/C=C/c2ccc(OC(=O)OC)c(OC(=O)OC)c2)[C@@H]2[C@@H]3C[C@H](O)[C@]3(C)[C@@H]([C@H](C)CCC(=O)O)CC[C@@H]23)cc1OC(=O)OC. The minimum absolute atomic E-state index is 0.0275. The summed E-state index contributed by atoms with van der Waals surface area (Å²) in [6, 6.07) is 8.49. The van der Waals surface area contributed by atoms with E-state index in [1.165, 1.54) is 60.7 Å². The van der Waals surface area contributed by atoms with Crippen molar-refractivity contribution in [2.75, 3.05) is 28.4 Å². The number of carboxylic acid groups (broad SMARTS) is 1. The zero-order valence-electron chi connectivity index (χ0n) is 39.7. The Morgan fingerprint density at radius 3 is 1.68 bits per heavy atom. The largest absolute Gasteiger partial charge is 0.513 e. The van der Waals surface area contributed by atoms with Gasteiger partial charge in [0.1, 0.15) is 12.2 Å². The Morgan fingerprint density at radius 1 is 0.667 bits per heavy atom. The number of hydrogen-bond donors (Lipinski definition) is 2. The van der Waals surface area contributed by atoms with E-state index in [1.54, 1.807) is 0 Å². The van der Waals surface area contributed by atoms with Crippen molar-refractivity contribution >= 4 is 54.7 Å². The van der Waals surface area contributed by atoms with Gasteiger partial charge in [-0.15, -0.1) is 0 Å². The number of aliphatic carboxylic acids is 1. The van der Waals surface area contributed by atoms with Crippen LogP contribution in [0.2, 0.25) is 0 Å². The Bertz CT molecular complexity index is 2320. The summed E-state index contributed by atoms with van der Waals surface area (Å²) in [5, 5.41) is 21.7. The second-order valence-corrected chi connectivity index (χ2v) is 18.6. The molecule has 19 heteroatoms. The highest BCUT2D eigenvalue weighted by molar-refractivity contribution is 5.88. The van der Waals surface area contributed by atoms with Gasteiger partial charge in [-0.3, -0.25) is 4.79 Å². The predicted octanol–water partition coefficient (Wildman–Crippen LogP) is 8.56. The van der Waals surface area contributed by atoms with Gasteiger partial charge >= 0.3 is 42.5 Å². The molecule has 0 amide bonds. The Kier molecular flexibility index (Phi) is 16.7. The molecule has 4 fully saturated rings. The number of carboxylic acids is 1. The number of ether oxygens (including phenoxy) is 10. The summed E-state index contributed by atoms with van der Waals surface area (Å²) in [6.45, 7) is 6.40. The topological polar surface area (TPSA) is 252 Å². The van der Waals surface area contributed by atoms with E-state index >= 15 is 0 Å². The summed E-state index contributed by atoms with van der Waals surface area (Å²) in [5.41, 5.74) is -0.0764. The van der Waals surface area contributed by atoms with E-state index in [9.17, 15) is 43.8 Å². The highest BCUT2D eigenvalue weighted by atomic mass is 16.8. The fourth-order valence-corrected chi connectivity index (χ4v) is 11.7. The molecule has 4 aliphatic carbocycles. The summed E-state index contributed by atoms with van der Waals surface area (Å²) >= 11 is 0. The van der Waals surface area contributed by atoms with Crippen LogP contribution >= 0.6 is 0 Å². The van der Waals surface area contributed by atoms with E-state index in [4.69, 9.17) is 28.4 Å². The molecule has 0 unspecified atom stereocenters. The maximum atomic E-state index is 13.9. The molecule has 0 heterocycles. The molecule has 2 aromatic carbocycles. The summed E-state index contributed by atoms with van der Waals surface area (Å²) < 4.78 is 51.2. The van der Waals surface area contributed by atoms with Crippen LogP contribution in [0.1, 0.15) is 89.7 Å². The summed E-state index contributed by atoms with van der Waals surface area (Å²) in [7, 11) is 4.46. The third kappa shape index (κ3) is 11.8. The van der Waals surface area contributed by atoms with Crippen molar-refractivity contribution in [1.29, 1.82) is 0 Å². The standard InChI is InChI=1S/C50H60O19/c1-27(8-17-41(52)53)32-13-14-33-44-34(26-40(51)50(32,33)3)49(2)21-20-31(64-42(54)18-11-28-9-15-35(66-45(56)60-4)37(22-28)68-47(58)62-6)24-30(49)25-39(44)65-43(55)19-12-29-10-16-36(67-46(57)61-5)38(23-29)69-48(59)63-7/h9-12,15-16,18-19,22-23,27,30-34,39-40,44,51H,8,13-14,17,20-21,24-26H2,1-7H3,(H,52,53)/b18-11+,19-12+/t27-,30-,31-,32-,33+,34+,39-,40+,44+,49+,50-/m1/s1. The van der Waals surface area contributed by atoms with Gasteiger partial charge < -0.3 is 57.6 Å². The van der Waals surface area contributed by atoms with Crippen molar-refractivity contribution < 1.29 is 91.1 Å². The van der Waals surface area contributed by atoms with Crippen LogP contribution in [-0.2, 0) is 42.8 Å². The van der Waals surface area contributed by atoms with E-state index in [0.717, 1.165) is 41.3 Å². The molecule has 69 heavy (non-hydrogen) atoms. The number of hydrogen-bond acceptors (Lipinski definition) is 18. The molecule has 11 atom stereocenters. The monoisotopic (exact) mass is 964 g/mol. The van der Waals surface area contributed by atoms with Gasteiger partial charge in [-0.2, -0.15) is 0 Å². The van der Waals surface area contributed by atoms with Gasteiger partial charge in [-0.25, -0.2) is 28.8 Å². The third-order valence-corrected chi connectivity index (χ3v) is 15.0. The molecule has 0 aliphatic heterocycles. The molecule has 6 rings (SSSR count). The van der Waals surface area contributed by atoms with Crippen molar-refractivity contribution in [2.24, 2.45) is 46.3 Å². The van der Waals surface area contributed by atoms with Crippen LogP contribution in [0.5, 0.6) is 23.0 Å². The lowest BCUT2D eigenvalue weighted by Crippen LogP contribution is -2.63. The van der Waals surface area contributed by atoms with Crippen molar-refractivity contribution in [1.82, 2.24) is 0 Å². The lowest BCUT2D eigenvalue weighted by Gasteiger charge is -2.64. The molecular weight excluding hydrogens is 905 g/mol. The molecule has 0 radical (unpaired) electrons. The van der Waals surface area contributed by atoms with E-state index in [2.05, 4.69) is 39.7 Å². The molecule has 0 spiro atoms. The number of aliphatic hydroxyl groups is 1. The Labute approximate surface area is 399 Å². The Hall–Kier alpha value is -6.63. The number of carbonyl (C=O) groups is 7. The zero-order valence-corrected chi connectivity index (χ0v) is 39.7. The second-order valence-electron chi connectivity index (χ2n) is 18.6. The van der Waals surface area contributed by atoms with Crippen LogP contribution in [0.3, 0.4) is 0 Å². The average molecular weight is 965 g/mol. The molecule has 2 N–H and O–H groups in total. The minimum atomic E-state index is -1.07. The maximum absolute atomic E-state index is 13.9. The Morgan fingerprint density at radius 2 is 1.17 bits per heavy atom. The lowest BCUT2D eigenvalue weighted by atomic mass is 9.43. The quantitative estimate of drug-likeness (QED) is 0.0778. The number of aliphatic hydroxyl groups excluding tert-OH is 1. The van der Waals surface area contributed by atoms with Crippen LogP contribution in [0, 0.1) is 46.3 Å². The van der Waals surface area contributed by atoms with E-state index in [1.807, 2.05) is 0 Å². The summed E-state index contributed by atoms with van der Waals surface area (Å²) in [4.78, 5) is 86.4. The second kappa shape index (κ2) is 22.2. The predicted molar refractivity (Wildman–Crippen MR) is 241 cm³/mol. The van der Waals surface area contributed by atoms with Gasteiger partial charge in [-0.05, 0) is 139 Å². The average Bonchev–Trinajstić information content (AvgIpc) is 3.69. The maximum Gasteiger partial charge on any atom is 0.513 e. The number of rotatable bonds is 14. The molecule has 0 saturated heterocycles. The highest BCUT2D eigenvalue weighted by Gasteiger charge is 2.66. The fourth-order valence-electron chi connectivity index (χ4n) is 11.7. The molecule has 0 aromatic heterocycles. The van der Waals surface area contributed by atoms with Gasteiger partial charge in [0.25, 0.3) is 0 Å². The first-order valence-electron chi connectivity index (χ1n) is 22.8. The van der Waals surface area contributed by atoms with Gasteiger partial charge in [0.2, 0.25) is 0 Å². The molecule has 4 aliphatic rings. The summed E-state index contributed by atoms with van der Waals surface area (Å²) in [5.74, 6) is -2.97. The summed E-state index contributed by atoms with van der Waals surface area (Å²) in [6.07, 6.45) is 4.08. The molecule has 2 aromatic rings. The van der Waals surface area contributed by atoms with Crippen molar-refractivity contribution in [2.45, 2.75) is 96.9 Å².